The standard InChI is InChI=1S/C84H51BN6O/c1-3-25-52(26-4-1)86-67-40-18-11-33-58(67)78-73(86)49-47-61-82(78)90(71-44-22-20-42-69(71)88-63-36-14-7-29-54(63)55-30-8-15-37-64(55)88)75-51-77-80(60-35-13-24-46-76(60)92-77)84-81(75)85(61)62-48-50-74-79(59-34-12-19-41-68(59)87(74)53-27-5-2-6-28-53)83(62)91(84)72-45-23-21-43-70(72)89-65-38-16-9-31-56(65)57-32-10-17-39-66(57)89/h1-51H. The molecule has 0 unspecified atom stereocenters. The van der Waals surface area contributed by atoms with Crippen LogP contribution in [0.3, 0.4) is 0 Å². The van der Waals surface area contributed by atoms with Gasteiger partial charge in [-0.3, -0.25) is 0 Å². The Balaban J connectivity index is 0.985. The fourth-order valence-electron chi connectivity index (χ4n) is 16.6. The lowest BCUT2D eigenvalue weighted by Gasteiger charge is -2.45. The van der Waals surface area contributed by atoms with E-state index in [2.05, 4.69) is 337 Å². The van der Waals surface area contributed by atoms with E-state index in [-0.39, 0.29) is 6.71 Å². The van der Waals surface area contributed by atoms with E-state index < -0.39 is 0 Å². The normalized spacial score (nSPS) is 12.9. The SMILES string of the molecule is c1ccc(-n2c3ccccc3c3c4c(ccc32)B2c3ccc5c(c3N(c3ccccc3-n3c6ccccc6c6ccccc63)c3c2c(cc2oc6ccccc6c32)N4c2ccccc2-n2c3ccccc3c3ccccc32)c2ccccc2n5-c2ccccc2)cc1. The maximum atomic E-state index is 7.47. The lowest BCUT2D eigenvalue weighted by Crippen LogP contribution is -2.61. The number of benzene rings is 14. The van der Waals surface area contributed by atoms with Crippen LogP contribution in [0.5, 0.6) is 0 Å². The molecule has 0 spiro atoms. The molecule has 0 saturated carbocycles. The average Bonchev–Trinajstić information content (AvgIpc) is 1.37. The zero-order valence-electron chi connectivity index (χ0n) is 49.6. The van der Waals surface area contributed by atoms with E-state index in [1.807, 2.05) is 0 Å². The largest absolute Gasteiger partial charge is 0.456 e. The average molecular weight is 1170 g/mol. The van der Waals surface area contributed by atoms with Crippen molar-refractivity contribution in [1.29, 1.82) is 0 Å². The van der Waals surface area contributed by atoms with E-state index in [0.29, 0.717) is 0 Å². The fourth-order valence-corrected chi connectivity index (χ4v) is 16.6. The summed E-state index contributed by atoms with van der Waals surface area (Å²) in [5.41, 5.74) is 25.3. The monoisotopic (exact) mass is 1170 g/mol. The Morgan fingerprint density at radius 3 is 1.05 bits per heavy atom. The smallest absolute Gasteiger partial charge is 0.252 e. The van der Waals surface area contributed by atoms with Gasteiger partial charge in [0.05, 0.1) is 89.3 Å². The van der Waals surface area contributed by atoms with Crippen molar-refractivity contribution < 1.29 is 4.42 Å². The van der Waals surface area contributed by atoms with Crippen LogP contribution >= 0.6 is 0 Å². The minimum atomic E-state index is -0.289. The Kier molecular flexibility index (Phi) is 10.1. The Morgan fingerprint density at radius 1 is 0.228 bits per heavy atom. The Hall–Kier alpha value is -12.3. The molecule has 0 saturated heterocycles. The van der Waals surface area contributed by atoms with Crippen LogP contribution in [0.1, 0.15) is 0 Å². The number of anilines is 6. The fraction of sp³-hybridized carbons (Fsp3) is 0. The number of furan rings is 1. The van der Waals surface area contributed by atoms with E-state index in [0.717, 1.165) is 123 Å². The molecule has 5 aromatic heterocycles. The number of para-hydroxylation sites is 13. The first-order chi connectivity index (χ1) is 45.7. The van der Waals surface area contributed by atoms with Gasteiger partial charge in [0, 0.05) is 71.6 Å². The van der Waals surface area contributed by atoms with Crippen molar-refractivity contribution >= 4 is 166 Å². The van der Waals surface area contributed by atoms with Gasteiger partial charge in [-0.1, -0.05) is 200 Å². The molecule has 0 fully saturated rings. The molecule has 92 heavy (non-hydrogen) atoms. The van der Waals surface area contributed by atoms with Gasteiger partial charge in [-0.15, -0.1) is 0 Å². The number of aromatic nitrogens is 4. The van der Waals surface area contributed by atoms with Crippen LogP contribution in [0.2, 0.25) is 0 Å². The highest BCUT2D eigenvalue weighted by Crippen LogP contribution is 2.56. The van der Waals surface area contributed by atoms with Crippen LogP contribution in [-0.2, 0) is 0 Å². The van der Waals surface area contributed by atoms with Gasteiger partial charge in [0.2, 0.25) is 0 Å². The predicted molar refractivity (Wildman–Crippen MR) is 385 cm³/mol. The molecule has 14 aromatic carbocycles. The molecular weight excluding hydrogens is 1120 g/mol. The minimum Gasteiger partial charge on any atom is -0.456 e. The summed E-state index contributed by atoms with van der Waals surface area (Å²) < 4.78 is 17.4. The lowest BCUT2D eigenvalue weighted by atomic mass is 9.33. The third-order valence-electron chi connectivity index (χ3n) is 20.1. The molecule has 8 heteroatoms. The van der Waals surface area contributed by atoms with Gasteiger partial charge >= 0.3 is 0 Å². The number of fused-ring (bicyclic) bond motifs is 22. The topological polar surface area (TPSA) is 39.3 Å². The molecule has 21 rings (SSSR count). The number of hydrogen-bond donors (Lipinski definition) is 0. The first-order valence-electron chi connectivity index (χ1n) is 31.7. The summed E-state index contributed by atoms with van der Waals surface area (Å²) in [6, 6.07) is 114. The molecule has 0 radical (unpaired) electrons. The summed E-state index contributed by atoms with van der Waals surface area (Å²) >= 11 is 0. The summed E-state index contributed by atoms with van der Waals surface area (Å²) in [4.78, 5) is 5.32. The van der Waals surface area contributed by atoms with Crippen LogP contribution < -0.4 is 26.2 Å². The number of hydrogen-bond acceptors (Lipinski definition) is 3. The zero-order chi connectivity index (χ0) is 59.9. The maximum Gasteiger partial charge on any atom is 0.252 e. The van der Waals surface area contributed by atoms with Gasteiger partial charge in [0.1, 0.15) is 11.2 Å². The maximum absolute atomic E-state index is 7.47. The highest BCUT2D eigenvalue weighted by molar-refractivity contribution is 7.01. The molecule has 0 aliphatic carbocycles. The van der Waals surface area contributed by atoms with Crippen molar-refractivity contribution in [3.8, 4) is 22.7 Å². The number of nitrogens with zero attached hydrogens (tertiary/aromatic N) is 6. The van der Waals surface area contributed by atoms with Crippen molar-refractivity contribution in [2.45, 2.75) is 0 Å². The molecule has 7 nitrogen and oxygen atoms in total. The van der Waals surface area contributed by atoms with Gasteiger partial charge in [0.25, 0.3) is 6.71 Å². The molecule has 2 aliphatic rings. The van der Waals surface area contributed by atoms with E-state index in [9.17, 15) is 0 Å². The lowest BCUT2D eigenvalue weighted by molar-refractivity contribution is 0.669. The summed E-state index contributed by atoms with van der Waals surface area (Å²) in [6.07, 6.45) is 0. The Labute approximate surface area is 528 Å². The molecule has 0 N–H and O–H groups in total. The van der Waals surface area contributed by atoms with Crippen LogP contribution in [0.25, 0.3) is 132 Å². The summed E-state index contributed by atoms with van der Waals surface area (Å²) in [5, 5.41) is 11.7. The molecule has 426 valence electrons. The second-order valence-electron chi connectivity index (χ2n) is 24.6. The highest BCUT2D eigenvalue weighted by Gasteiger charge is 2.48. The van der Waals surface area contributed by atoms with Crippen molar-refractivity contribution in [3.05, 3.63) is 309 Å². The van der Waals surface area contributed by atoms with Crippen molar-refractivity contribution in [2.75, 3.05) is 9.80 Å². The first kappa shape index (κ1) is 49.7. The highest BCUT2D eigenvalue weighted by atomic mass is 16.3. The summed E-state index contributed by atoms with van der Waals surface area (Å²) in [7, 11) is 0. The van der Waals surface area contributed by atoms with E-state index in [1.54, 1.807) is 0 Å². The van der Waals surface area contributed by atoms with Crippen molar-refractivity contribution in [2.24, 2.45) is 0 Å². The summed E-state index contributed by atoms with van der Waals surface area (Å²) in [5.74, 6) is 0. The molecule has 2 aliphatic heterocycles. The van der Waals surface area contributed by atoms with Gasteiger partial charge in [0.15, 0.2) is 0 Å². The van der Waals surface area contributed by atoms with Crippen molar-refractivity contribution in [1.82, 2.24) is 18.3 Å². The van der Waals surface area contributed by atoms with Gasteiger partial charge in [-0.05, 0) is 120 Å². The van der Waals surface area contributed by atoms with Crippen LogP contribution in [0.15, 0.2) is 314 Å². The first-order valence-corrected chi connectivity index (χ1v) is 31.7. The minimum absolute atomic E-state index is 0.289. The van der Waals surface area contributed by atoms with Gasteiger partial charge < -0.3 is 32.5 Å². The Bertz CT molecular complexity index is 6250. The second-order valence-corrected chi connectivity index (χ2v) is 24.6. The zero-order valence-corrected chi connectivity index (χ0v) is 49.6. The third-order valence-corrected chi connectivity index (χ3v) is 20.1. The molecular formula is C84H51BN6O. The van der Waals surface area contributed by atoms with E-state index in [4.69, 9.17) is 4.42 Å². The summed E-state index contributed by atoms with van der Waals surface area (Å²) in [6.45, 7) is -0.289. The van der Waals surface area contributed by atoms with E-state index in [1.165, 1.54) is 59.5 Å². The molecule has 0 bridgehead atoms. The molecule has 0 amide bonds. The van der Waals surface area contributed by atoms with Crippen molar-refractivity contribution in [3.63, 3.8) is 0 Å². The number of rotatable bonds is 6. The quantitative estimate of drug-likeness (QED) is 0.156. The molecule has 7 heterocycles. The van der Waals surface area contributed by atoms with Gasteiger partial charge in [-0.25, -0.2) is 0 Å². The predicted octanol–water partition coefficient (Wildman–Crippen LogP) is 20.1. The van der Waals surface area contributed by atoms with E-state index >= 15 is 0 Å². The van der Waals surface area contributed by atoms with Crippen LogP contribution in [-0.4, -0.2) is 25.0 Å². The molecule has 0 atom stereocenters. The van der Waals surface area contributed by atoms with Crippen LogP contribution in [0, 0.1) is 0 Å². The second kappa shape index (κ2) is 18.7. The van der Waals surface area contributed by atoms with Gasteiger partial charge in [-0.2, -0.15) is 0 Å². The third kappa shape index (κ3) is 6.53. The van der Waals surface area contributed by atoms with Crippen LogP contribution in [0.4, 0.5) is 34.1 Å². The Morgan fingerprint density at radius 2 is 0.587 bits per heavy atom. The molecule has 19 aromatic rings.